The molecular formula is C14H31NO. The molecule has 0 saturated heterocycles. The normalized spacial score (nSPS) is 14.1. The van der Waals surface area contributed by atoms with Crippen molar-refractivity contribution in [3.8, 4) is 0 Å². The minimum Gasteiger partial charge on any atom is -0.384 e. The highest BCUT2D eigenvalue weighted by Crippen LogP contribution is 2.14. The molecule has 1 atom stereocenters. The number of hydrogen-bond donors (Lipinski definition) is 1. The van der Waals surface area contributed by atoms with Crippen molar-refractivity contribution < 1.29 is 4.74 Å². The first-order valence-electron chi connectivity index (χ1n) is 6.69. The summed E-state index contributed by atoms with van der Waals surface area (Å²) >= 11 is 0. The van der Waals surface area contributed by atoms with Crippen LogP contribution in [0.3, 0.4) is 0 Å². The third kappa shape index (κ3) is 10.4. The largest absolute Gasteiger partial charge is 0.384 e. The Hall–Kier alpha value is -0.0800. The Kier molecular flexibility index (Phi) is 8.96. The lowest BCUT2D eigenvalue weighted by atomic mass is 9.96. The van der Waals surface area contributed by atoms with Crippen molar-refractivity contribution in [3.05, 3.63) is 0 Å². The monoisotopic (exact) mass is 229 g/mol. The van der Waals surface area contributed by atoms with Crippen molar-refractivity contribution in [3.63, 3.8) is 0 Å². The Morgan fingerprint density at radius 1 is 1.19 bits per heavy atom. The molecule has 0 radical (unpaired) electrons. The molecular weight excluding hydrogens is 198 g/mol. The first kappa shape index (κ1) is 15.9. The molecule has 0 saturated carbocycles. The van der Waals surface area contributed by atoms with Crippen LogP contribution < -0.4 is 5.32 Å². The molecule has 0 spiro atoms. The van der Waals surface area contributed by atoms with E-state index in [1.807, 2.05) is 0 Å². The van der Waals surface area contributed by atoms with Crippen LogP contribution in [-0.4, -0.2) is 26.8 Å². The van der Waals surface area contributed by atoms with Gasteiger partial charge in [-0.1, -0.05) is 34.1 Å². The summed E-state index contributed by atoms with van der Waals surface area (Å²) in [4.78, 5) is 0. The van der Waals surface area contributed by atoms with E-state index in [-0.39, 0.29) is 0 Å². The van der Waals surface area contributed by atoms with E-state index in [9.17, 15) is 0 Å². The molecule has 0 fully saturated rings. The second kappa shape index (κ2) is 9.00. The van der Waals surface area contributed by atoms with Gasteiger partial charge in [0, 0.05) is 13.7 Å². The Morgan fingerprint density at radius 3 is 2.38 bits per heavy atom. The van der Waals surface area contributed by atoms with Gasteiger partial charge in [-0.3, -0.25) is 0 Å². The van der Waals surface area contributed by atoms with E-state index in [0.29, 0.717) is 5.41 Å². The van der Waals surface area contributed by atoms with Crippen LogP contribution in [0.5, 0.6) is 0 Å². The molecule has 0 aliphatic rings. The Morgan fingerprint density at radius 2 is 1.88 bits per heavy atom. The predicted octanol–water partition coefficient (Wildman–Crippen LogP) is 3.47. The first-order chi connectivity index (χ1) is 7.49. The first-order valence-corrected chi connectivity index (χ1v) is 6.69. The molecule has 0 heterocycles. The Balaban J connectivity index is 3.46. The van der Waals surface area contributed by atoms with E-state index in [4.69, 9.17) is 4.74 Å². The molecule has 0 unspecified atom stereocenters. The maximum Gasteiger partial charge on any atom is 0.0490 e. The fourth-order valence-electron chi connectivity index (χ4n) is 1.93. The zero-order chi connectivity index (χ0) is 12.4. The standard InChI is InChI=1S/C14H31NO/c1-6-8-13(11-16-5)9-7-10-15-12-14(2,3)4/h13,15H,6-12H2,1-5H3/t13-/m1/s1. The van der Waals surface area contributed by atoms with E-state index in [1.165, 1.54) is 25.7 Å². The van der Waals surface area contributed by atoms with E-state index in [2.05, 4.69) is 33.0 Å². The lowest BCUT2D eigenvalue weighted by Gasteiger charge is -2.19. The Labute approximate surface area is 102 Å². The van der Waals surface area contributed by atoms with Gasteiger partial charge in [0.15, 0.2) is 0 Å². The topological polar surface area (TPSA) is 21.3 Å². The van der Waals surface area contributed by atoms with Gasteiger partial charge in [0.1, 0.15) is 0 Å². The maximum absolute atomic E-state index is 5.25. The Bertz CT molecular complexity index is 145. The van der Waals surface area contributed by atoms with Crippen LogP contribution in [0, 0.1) is 11.3 Å². The molecule has 0 amide bonds. The molecule has 0 aromatic rings. The fraction of sp³-hybridized carbons (Fsp3) is 1.00. The molecule has 0 bridgehead atoms. The maximum atomic E-state index is 5.25. The summed E-state index contributed by atoms with van der Waals surface area (Å²) in [7, 11) is 1.81. The summed E-state index contributed by atoms with van der Waals surface area (Å²) in [5.74, 6) is 0.756. The van der Waals surface area contributed by atoms with Crippen molar-refractivity contribution in [2.24, 2.45) is 11.3 Å². The minimum absolute atomic E-state index is 0.398. The van der Waals surface area contributed by atoms with E-state index in [0.717, 1.165) is 25.6 Å². The third-order valence-electron chi connectivity index (χ3n) is 2.72. The van der Waals surface area contributed by atoms with Gasteiger partial charge in [0.25, 0.3) is 0 Å². The van der Waals surface area contributed by atoms with Crippen LogP contribution in [-0.2, 0) is 4.74 Å². The summed E-state index contributed by atoms with van der Waals surface area (Å²) in [6.45, 7) is 12.2. The molecule has 0 rings (SSSR count). The molecule has 0 aromatic heterocycles. The van der Waals surface area contributed by atoms with E-state index in [1.54, 1.807) is 7.11 Å². The van der Waals surface area contributed by atoms with Crippen molar-refractivity contribution >= 4 is 0 Å². The molecule has 0 aromatic carbocycles. The van der Waals surface area contributed by atoms with Gasteiger partial charge in [-0.2, -0.15) is 0 Å². The summed E-state index contributed by atoms with van der Waals surface area (Å²) in [6, 6.07) is 0. The highest BCUT2D eigenvalue weighted by molar-refractivity contribution is 4.65. The minimum atomic E-state index is 0.398. The third-order valence-corrected chi connectivity index (χ3v) is 2.72. The number of ether oxygens (including phenoxy) is 1. The summed E-state index contributed by atoms with van der Waals surface area (Å²) < 4.78 is 5.25. The van der Waals surface area contributed by atoms with Gasteiger partial charge >= 0.3 is 0 Å². The number of rotatable bonds is 9. The second-order valence-electron chi connectivity index (χ2n) is 5.99. The summed E-state index contributed by atoms with van der Waals surface area (Å²) in [5.41, 5.74) is 0.398. The van der Waals surface area contributed by atoms with Gasteiger partial charge in [0.2, 0.25) is 0 Å². The van der Waals surface area contributed by atoms with Crippen molar-refractivity contribution in [2.45, 2.75) is 53.4 Å². The number of nitrogens with one attached hydrogen (secondary N) is 1. The van der Waals surface area contributed by atoms with Crippen LogP contribution in [0.25, 0.3) is 0 Å². The van der Waals surface area contributed by atoms with Gasteiger partial charge in [0.05, 0.1) is 0 Å². The summed E-state index contributed by atoms with van der Waals surface area (Å²) in [5, 5.41) is 3.52. The number of methoxy groups -OCH3 is 1. The molecule has 16 heavy (non-hydrogen) atoms. The van der Waals surface area contributed by atoms with E-state index >= 15 is 0 Å². The average molecular weight is 229 g/mol. The molecule has 1 N–H and O–H groups in total. The fourth-order valence-corrected chi connectivity index (χ4v) is 1.93. The van der Waals surface area contributed by atoms with Gasteiger partial charge in [-0.25, -0.2) is 0 Å². The molecule has 0 aliphatic heterocycles. The quantitative estimate of drug-likeness (QED) is 0.611. The van der Waals surface area contributed by atoms with Crippen LogP contribution in [0.15, 0.2) is 0 Å². The SMILES string of the molecule is CCC[C@H](CCCNCC(C)(C)C)COC. The molecule has 0 aliphatic carbocycles. The summed E-state index contributed by atoms with van der Waals surface area (Å²) in [6.07, 6.45) is 5.12. The van der Waals surface area contributed by atoms with Gasteiger partial charge in [-0.05, 0) is 43.7 Å². The average Bonchev–Trinajstić information content (AvgIpc) is 2.16. The lowest BCUT2D eigenvalue weighted by molar-refractivity contribution is 0.141. The zero-order valence-electron chi connectivity index (χ0n) is 11.9. The smallest absolute Gasteiger partial charge is 0.0490 e. The highest BCUT2D eigenvalue weighted by atomic mass is 16.5. The van der Waals surface area contributed by atoms with Gasteiger partial charge < -0.3 is 10.1 Å². The van der Waals surface area contributed by atoms with Crippen molar-refractivity contribution in [1.29, 1.82) is 0 Å². The van der Waals surface area contributed by atoms with Crippen molar-refractivity contribution in [1.82, 2.24) is 5.32 Å². The van der Waals surface area contributed by atoms with Crippen LogP contribution >= 0.6 is 0 Å². The zero-order valence-corrected chi connectivity index (χ0v) is 11.9. The van der Waals surface area contributed by atoms with Crippen LogP contribution in [0.4, 0.5) is 0 Å². The van der Waals surface area contributed by atoms with Crippen molar-refractivity contribution in [2.75, 3.05) is 26.8 Å². The molecule has 98 valence electrons. The van der Waals surface area contributed by atoms with Gasteiger partial charge in [-0.15, -0.1) is 0 Å². The van der Waals surface area contributed by atoms with E-state index < -0.39 is 0 Å². The predicted molar refractivity (Wildman–Crippen MR) is 71.8 cm³/mol. The molecule has 2 nitrogen and oxygen atoms in total. The highest BCUT2D eigenvalue weighted by Gasteiger charge is 2.09. The number of hydrogen-bond acceptors (Lipinski definition) is 2. The lowest BCUT2D eigenvalue weighted by Crippen LogP contribution is -2.28. The van der Waals surface area contributed by atoms with Crippen LogP contribution in [0.2, 0.25) is 0 Å². The second-order valence-corrected chi connectivity index (χ2v) is 5.99. The van der Waals surface area contributed by atoms with Crippen LogP contribution in [0.1, 0.15) is 53.4 Å². The molecule has 2 heteroatoms.